The molecule has 0 aromatic heterocycles. The Hall–Kier alpha value is -3.09. The van der Waals surface area contributed by atoms with Gasteiger partial charge >= 0.3 is 0 Å². The monoisotopic (exact) mass is 316 g/mol. The van der Waals surface area contributed by atoms with Crippen molar-refractivity contribution < 1.29 is 19.2 Å². The van der Waals surface area contributed by atoms with E-state index in [0.29, 0.717) is 22.7 Å². The molecule has 120 valence electrons. The lowest BCUT2D eigenvalue weighted by atomic mass is 10.2. The van der Waals surface area contributed by atoms with E-state index in [2.05, 4.69) is 5.32 Å². The van der Waals surface area contributed by atoms with Crippen LogP contribution in [0, 0.1) is 17.0 Å². The second kappa shape index (κ2) is 7.26. The van der Waals surface area contributed by atoms with E-state index < -0.39 is 10.8 Å². The first kappa shape index (κ1) is 16.3. The minimum atomic E-state index is -0.490. The fourth-order valence-electron chi connectivity index (χ4n) is 1.96. The average molecular weight is 316 g/mol. The quantitative estimate of drug-likeness (QED) is 0.653. The molecule has 7 heteroatoms. The van der Waals surface area contributed by atoms with Crippen LogP contribution in [-0.2, 0) is 4.79 Å². The second-order valence-electron chi connectivity index (χ2n) is 4.75. The Morgan fingerprint density at radius 3 is 2.57 bits per heavy atom. The Balaban J connectivity index is 2.00. The number of nitro groups is 1. The van der Waals surface area contributed by atoms with Gasteiger partial charge in [-0.05, 0) is 25.1 Å². The maximum atomic E-state index is 11.9. The standard InChI is InChI=1S/C16H16N2O5/c1-11-7-8-12(9-13(11)18(20)21)17-16(19)10-23-15-6-4-3-5-14(15)22-2/h3-9H,10H2,1-2H3,(H,17,19). The van der Waals surface area contributed by atoms with Crippen LogP contribution < -0.4 is 14.8 Å². The summed E-state index contributed by atoms with van der Waals surface area (Å²) in [6.07, 6.45) is 0. The maximum Gasteiger partial charge on any atom is 0.274 e. The van der Waals surface area contributed by atoms with Crippen molar-refractivity contribution in [3.63, 3.8) is 0 Å². The van der Waals surface area contributed by atoms with Crippen LogP contribution in [0.15, 0.2) is 42.5 Å². The number of ether oxygens (including phenoxy) is 2. The van der Waals surface area contributed by atoms with Gasteiger partial charge in [-0.3, -0.25) is 14.9 Å². The molecule has 1 N–H and O–H groups in total. The molecule has 0 aliphatic carbocycles. The Morgan fingerprint density at radius 1 is 1.22 bits per heavy atom. The SMILES string of the molecule is COc1ccccc1OCC(=O)Nc1ccc(C)c([N+](=O)[O-])c1. The summed E-state index contributed by atoms with van der Waals surface area (Å²) in [5.74, 6) is 0.542. The van der Waals surface area contributed by atoms with E-state index in [0.717, 1.165) is 0 Å². The molecule has 0 fully saturated rings. The predicted molar refractivity (Wildman–Crippen MR) is 85.0 cm³/mol. The number of hydrogen-bond acceptors (Lipinski definition) is 5. The van der Waals surface area contributed by atoms with Crippen LogP contribution in [0.2, 0.25) is 0 Å². The fourth-order valence-corrected chi connectivity index (χ4v) is 1.96. The van der Waals surface area contributed by atoms with E-state index in [9.17, 15) is 14.9 Å². The number of para-hydroxylation sites is 2. The highest BCUT2D eigenvalue weighted by Gasteiger charge is 2.13. The number of anilines is 1. The molecular formula is C16H16N2O5. The number of amides is 1. The summed E-state index contributed by atoms with van der Waals surface area (Å²) in [7, 11) is 1.51. The molecule has 0 atom stereocenters. The predicted octanol–water partition coefficient (Wildman–Crippen LogP) is 2.93. The summed E-state index contributed by atoms with van der Waals surface area (Å²) in [5.41, 5.74) is 0.822. The minimum absolute atomic E-state index is 0.0477. The Bertz CT molecular complexity index is 730. The Labute approximate surface area is 133 Å². The third-order valence-corrected chi connectivity index (χ3v) is 3.12. The summed E-state index contributed by atoms with van der Waals surface area (Å²) in [5, 5.41) is 13.5. The molecule has 0 saturated heterocycles. The van der Waals surface area contributed by atoms with Gasteiger partial charge in [-0.15, -0.1) is 0 Å². The topological polar surface area (TPSA) is 90.7 Å². The van der Waals surface area contributed by atoms with Gasteiger partial charge in [-0.2, -0.15) is 0 Å². The highest BCUT2D eigenvalue weighted by Crippen LogP contribution is 2.26. The Kier molecular flexibility index (Phi) is 5.14. The zero-order valence-electron chi connectivity index (χ0n) is 12.7. The third-order valence-electron chi connectivity index (χ3n) is 3.12. The molecule has 0 radical (unpaired) electrons. The summed E-state index contributed by atoms with van der Waals surface area (Å²) in [6, 6.07) is 11.4. The molecule has 2 aromatic carbocycles. The number of carbonyl (C=O) groups excluding carboxylic acids is 1. The minimum Gasteiger partial charge on any atom is -0.493 e. The van der Waals surface area contributed by atoms with Crippen molar-refractivity contribution in [3.05, 3.63) is 58.1 Å². The number of aryl methyl sites for hydroxylation is 1. The third kappa shape index (κ3) is 4.19. The van der Waals surface area contributed by atoms with E-state index in [1.165, 1.54) is 13.2 Å². The van der Waals surface area contributed by atoms with Crippen LogP contribution in [0.5, 0.6) is 11.5 Å². The zero-order valence-corrected chi connectivity index (χ0v) is 12.7. The molecular weight excluding hydrogens is 300 g/mol. The lowest BCUT2D eigenvalue weighted by Gasteiger charge is -2.10. The Morgan fingerprint density at radius 2 is 1.91 bits per heavy atom. The molecule has 0 heterocycles. The first-order valence-electron chi connectivity index (χ1n) is 6.82. The molecule has 0 saturated carbocycles. The van der Waals surface area contributed by atoms with Crippen LogP contribution in [0.25, 0.3) is 0 Å². The van der Waals surface area contributed by atoms with Gasteiger partial charge in [0.2, 0.25) is 0 Å². The summed E-state index contributed by atoms with van der Waals surface area (Å²) < 4.78 is 10.5. The number of nitrogens with one attached hydrogen (secondary N) is 1. The molecule has 7 nitrogen and oxygen atoms in total. The van der Waals surface area contributed by atoms with E-state index >= 15 is 0 Å². The number of hydrogen-bond donors (Lipinski definition) is 1. The van der Waals surface area contributed by atoms with E-state index in [1.807, 2.05) is 0 Å². The van der Waals surface area contributed by atoms with Gasteiger partial charge in [0.15, 0.2) is 18.1 Å². The van der Waals surface area contributed by atoms with Gasteiger partial charge < -0.3 is 14.8 Å². The highest BCUT2D eigenvalue weighted by molar-refractivity contribution is 5.92. The fraction of sp³-hybridized carbons (Fsp3) is 0.188. The van der Waals surface area contributed by atoms with Crippen molar-refractivity contribution >= 4 is 17.3 Å². The number of nitro benzene ring substituents is 1. The van der Waals surface area contributed by atoms with E-state index in [-0.39, 0.29) is 12.3 Å². The molecule has 23 heavy (non-hydrogen) atoms. The molecule has 0 aliphatic rings. The van der Waals surface area contributed by atoms with Crippen molar-refractivity contribution in [2.45, 2.75) is 6.92 Å². The average Bonchev–Trinajstić information content (AvgIpc) is 2.54. The normalized spacial score (nSPS) is 10.0. The largest absolute Gasteiger partial charge is 0.493 e. The van der Waals surface area contributed by atoms with Crippen LogP contribution in [0.4, 0.5) is 11.4 Å². The maximum absolute atomic E-state index is 11.9. The van der Waals surface area contributed by atoms with Crippen molar-refractivity contribution in [1.82, 2.24) is 0 Å². The second-order valence-corrected chi connectivity index (χ2v) is 4.75. The van der Waals surface area contributed by atoms with E-state index in [1.54, 1.807) is 43.3 Å². The van der Waals surface area contributed by atoms with Crippen molar-refractivity contribution in [2.75, 3.05) is 19.0 Å². The first-order valence-corrected chi connectivity index (χ1v) is 6.82. The number of nitrogens with zero attached hydrogens (tertiary/aromatic N) is 1. The molecule has 0 unspecified atom stereocenters. The van der Waals surface area contributed by atoms with Gasteiger partial charge in [0.25, 0.3) is 11.6 Å². The number of benzene rings is 2. The summed E-state index contributed by atoms with van der Waals surface area (Å²) in [4.78, 5) is 22.3. The lowest BCUT2D eigenvalue weighted by Crippen LogP contribution is -2.20. The van der Waals surface area contributed by atoms with Crippen LogP contribution in [0.3, 0.4) is 0 Å². The number of carbonyl (C=O) groups is 1. The molecule has 0 bridgehead atoms. The van der Waals surface area contributed by atoms with Crippen molar-refractivity contribution in [2.24, 2.45) is 0 Å². The van der Waals surface area contributed by atoms with Gasteiger partial charge in [-0.1, -0.05) is 18.2 Å². The van der Waals surface area contributed by atoms with Crippen molar-refractivity contribution in [3.8, 4) is 11.5 Å². The van der Waals surface area contributed by atoms with Crippen LogP contribution >= 0.6 is 0 Å². The number of rotatable bonds is 6. The molecule has 0 spiro atoms. The summed E-state index contributed by atoms with van der Waals surface area (Å²) >= 11 is 0. The summed E-state index contributed by atoms with van der Waals surface area (Å²) in [6.45, 7) is 1.40. The number of methoxy groups -OCH3 is 1. The molecule has 2 aromatic rings. The zero-order chi connectivity index (χ0) is 16.8. The van der Waals surface area contributed by atoms with Crippen molar-refractivity contribution in [1.29, 1.82) is 0 Å². The van der Waals surface area contributed by atoms with Crippen LogP contribution in [0.1, 0.15) is 5.56 Å². The molecule has 2 rings (SSSR count). The van der Waals surface area contributed by atoms with Crippen LogP contribution in [-0.4, -0.2) is 24.5 Å². The van der Waals surface area contributed by atoms with Gasteiger partial charge in [-0.25, -0.2) is 0 Å². The highest BCUT2D eigenvalue weighted by atomic mass is 16.6. The van der Waals surface area contributed by atoms with Gasteiger partial charge in [0.05, 0.1) is 12.0 Å². The van der Waals surface area contributed by atoms with E-state index in [4.69, 9.17) is 9.47 Å². The molecule has 1 amide bonds. The van der Waals surface area contributed by atoms with Gasteiger partial charge in [0.1, 0.15) is 0 Å². The smallest absolute Gasteiger partial charge is 0.274 e. The lowest BCUT2D eigenvalue weighted by molar-refractivity contribution is -0.385. The first-order chi connectivity index (χ1) is 11.0. The van der Waals surface area contributed by atoms with Gasteiger partial charge in [0, 0.05) is 17.3 Å². The molecule has 0 aliphatic heterocycles.